The molecule has 0 amide bonds. The quantitative estimate of drug-likeness (QED) is 0.757. The molecule has 28 heavy (non-hydrogen) atoms. The van der Waals surface area contributed by atoms with Crippen molar-refractivity contribution in [1.82, 2.24) is 9.88 Å². The monoisotopic (exact) mass is 410 g/mol. The Morgan fingerprint density at radius 2 is 1.75 bits per heavy atom. The third kappa shape index (κ3) is 4.96. The summed E-state index contributed by atoms with van der Waals surface area (Å²) < 4.78 is 48.1. The second-order valence-corrected chi connectivity index (χ2v) is 8.77. The zero-order valence-electron chi connectivity index (χ0n) is 15.6. The van der Waals surface area contributed by atoms with E-state index in [0.29, 0.717) is 5.69 Å². The number of anilines is 2. The summed E-state index contributed by atoms with van der Waals surface area (Å²) in [5.41, 5.74) is 0.702. The van der Waals surface area contributed by atoms with Crippen molar-refractivity contribution in [3.63, 3.8) is 0 Å². The number of sulfone groups is 1. The van der Waals surface area contributed by atoms with Gasteiger partial charge in [0.05, 0.1) is 4.90 Å². The van der Waals surface area contributed by atoms with E-state index in [-0.39, 0.29) is 10.9 Å². The minimum atomic E-state index is -4.55. The van der Waals surface area contributed by atoms with Crippen molar-refractivity contribution in [3.05, 3.63) is 48.7 Å². The minimum Gasteiger partial charge on any atom is -0.381 e. The van der Waals surface area contributed by atoms with Gasteiger partial charge in [-0.1, -0.05) is 6.07 Å². The molecule has 1 unspecified atom stereocenters. The van der Waals surface area contributed by atoms with Crippen LogP contribution in [0, 0.1) is 0 Å². The third-order valence-corrected chi connectivity index (χ3v) is 6.11. The smallest absolute Gasteiger partial charge is 0.341 e. The molecule has 1 N–H and O–H groups in total. The van der Waals surface area contributed by atoms with E-state index in [1.165, 1.54) is 24.3 Å². The van der Waals surface area contributed by atoms with Crippen molar-refractivity contribution in [3.8, 4) is 0 Å². The van der Waals surface area contributed by atoms with Crippen LogP contribution in [-0.4, -0.2) is 62.8 Å². The number of pyridine rings is 1. The lowest BCUT2D eigenvalue weighted by molar-refractivity contribution is 0.234. The van der Waals surface area contributed by atoms with E-state index >= 15 is 0 Å². The van der Waals surface area contributed by atoms with E-state index in [2.05, 4.69) is 20.1 Å². The van der Waals surface area contributed by atoms with Gasteiger partial charge in [-0.3, -0.25) is 4.90 Å². The predicted molar refractivity (Wildman–Crippen MR) is 106 cm³/mol. The highest BCUT2D eigenvalue weighted by atomic mass is 32.2. The topological polar surface area (TPSA) is 65.5 Å². The molecule has 2 aromatic rings. The number of aromatic nitrogens is 1. The minimum absolute atomic E-state index is 0.124. The number of benzene rings is 1. The second-order valence-electron chi connectivity index (χ2n) is 6.85. The standard InChI is InChI=1S/C19H24F2N4O2S/c1-15(23-16-5-7-17(8-6-16)28(26,27)19(20)21)14-24-10-12-25(13-11-24)18-4-2-3-9-22-18/h2-9,15,19,23H,10-14H2,1H3. The van der Waals surface area contributed by atoms with Gasteiger partial charge in [0.2, 0.25) is 9.84 Å². The molecule has 2 heterocycles. The van der Waals surface area contributed by atoms with Gasteiger partial charge < -0.3 is 10.2 Å². The first-order valence-electron chi connectivity index (χ1n) is 9.13. The molecule has 152 valence electrons. The van der Waals surface area contributed by atoms with Crippen molar-refractivity contribution in [2.24, 2.45) is 0 Å². The van der Waals surface area contributed by atoms with Crippen LogP contribution in [-0.2, 0) is 9.84 Å². The first kappa shape index (κ1) is 20.5. The number of piperazine rings is 1. The van der Waals surface area contributed by atoms with Gasteiger partial charge in [-0.25, -0.2) is 13.4 Å². The highest BCUT2D eigenvalue weighted by Gasteiger charge is 2.26. The molecule has 0 saturated carbocycles. The number of alkyl halides is 2. The third-order valence-electron chi connectivity index (χ3n) is 4.71. The Morgan fingerprint density at radius 3 is 2.32 bits per heavy atom. The molecule has 1 aliphatic heterocycles. The molecule has 0 bridgehead atoms. The summed E-state index contributed by atoms with van der Waals surface area (Å²) in [5, 5.41) is 3.29. The van der Waals surface area contributed by atoms with Crippen LogP contribution in [0.2, 0.25) is 0 Å². The Bertz CT molecular complexity index is 855. The Morgan fingerprint density at radius 1 is 1.07 bits per heavy atom. The van der Waals surface area contributed by atoms with E-state index in [0.717, 1.165) is 38.5 Å². The maximum Gasteiger partial charge on any atom is 0.341 e. The lowest BCUT2D eigenvalue weighted by Gasteiger charge is -2.36. The maximum atomic E-state index is 12.6. The van der Waals surface area contributed by atoms with E-state index in [4.69, 9.17) is 0 Å². The fraction of sp³-hybridized carbons (Fsp3) is 0.421. The lowest BCUT2D eigenvalue weighted by atomic mass is 10.2. The summed E-state index contributed by atoms with van der Waals surface area (Å²) >= 11 is 0. The van der Waals surface area contributed by atoms with Gasteiger partial charge in [0, 0.05) is 50.6 Å². The number of rotatable bonds is 7. The number of nitrogens with one attached hydrogen (secondary N) is 1. The van der Waals surface area contributed by atoms with E-state index in [9.17, 15) is 17.2 Å². The van der Waals surface area contributed by atoms with Crippen molar-refractivity contribution in [2.75, 3.05) is 42.9 Å². The molecular weight excluding hydrogens is 386 g/mol. The van der Waals surface area contributed by atoms with Gasteiger partial charge in [-0.2, -0.15) is 8.78 Å². The molecule has 1 saturated heterocycles. The number of halogens is 2. The van der Waals surface area contributed by atoms with Crippen molar-refractivity contribution in [1.29, 1.82) is 0 Å². The summed E-state index contributed by atoms with van der Waals surface area (Å²) in [4.78, 5) is 8.63. The van der Waals surface area contributed by atoms with Crippen molar-refractivity contribution in [2.45, 2.75) is 23.6 Å². The SMILES string of the molecule is CC(CN1CCN(c2ccccn2)CC1)Nc1ccc(S(=O)(=O)C(F)F)cc1. The zero-order valence-corrected chi connectivity index (χ0v) is 16.4. The van der Waals surface area contributed by atoms with Gasteiger partial charge in [0.25, 0.3) is 0 Å². The maximum absolute atomic E-state index is 12.6. The van der Waals surface area contributed by atoms with E-state index < -0.39 is 15.6 Å². The molecule has 1 aromatic carbocycles. The zero-order chi connectivity index (χ0) is 20.1. The van der Waals surface area contributed by atoms with Crippen LogP contribution in [0.4, 0.5) is 20.3 Å². The Kier molecular flexibility index (Phi) is 6.46. The molecule has 0 spiro atoms. The predicted octanol–water partition coefficient (Wildman–Crippen LogP) is 2.70. The first-order valence-corrected chi connectivity index (χ1v) is 10.7. The average Bonchev–Trinajstić information content (AvgIpc) is 2.69. The average molecular weight is 410 g/mol. The van der Waals surface area contributed by atoms with Crippen LogP contribution in [0.1, 0.15) is 6.92 Å². The van der Waals surface area contributed by atoms with Crippen LogP contribution >= 0.6 is 0 Å². The number of hydrogen-bond acceptors (Lipinski definition) is 6. The Labute approximate surface area is 164 Å². The van der Waals surface area contributed by atoms with Gasteiger partial charge in [0.15, 0.2) is 0 Å². The molecule has 1 aromatic heterocycles. The molecule has 9 heteroatoms. The van der Waals surface area contributed by atoms with E-state index in [1.807, 2.05) is 25.1 Å². The van der Waals surface area contributed by atoms with Gasteiger partial charge in [-0.05, 0) is 43.3 Å². The number of nitrogens with zero attached hydrogens (tertiary/aromatic N) is 3. The lowest BCUT2D eigenvalue weighted by Crippen LogP contribution is -2.49. The number of hydrogen-bond donors (Lipinski definition) is 1. The second kappa shape index (κ2) is 8.83. The highest BCUT2D eigenvalue weighted by Crippen LogP contribution is 2.21. The molecule has 6 nitrogen and oxygen atoms in total. The fourth-order valence-corrected chi connectivity index (χ4v) is 3.98. The molecule has 3 rings (SSSR count). The molecule has 0 aliphatic carbocycles. The van der Waals surface area contributed by atoms with E-state index in [1.54, 1.807) is 6.20 Å². The summed E-state index contributed by atoms with van der Waals surface area (Å²) in [6.45, 7) is 6.53. The molecule has 1 fully saturated rings. The Balaban J connectivity index is 1.49. The summed E-state index contributed by atoms with van der Waals surface area (Å²) in [6.07, 6.45) is 1.80. The molecule has 1 atom stereocenters. The largest absolute Gasteiger partial charge is 0.381 e. The first-order chi connectivity index (χ1) is 13.4. The van der Waals surface area contributed by atoms with Crippen LogP contribution in [0.3, 0.4) is 0 Å². The summed E-state index contributed by atoms with van der Waals surface area (Å²) in [6, 6.07) is 11.5. The van der Waals surface area contributed by atoms with Gasteiger partial charge in [-0.15, -0.1) is 0 Å². The van der Waals surface area contributed by atoms with Crippen molar-refractivity contribution >= 4 is 21.3 Å². The van der Waals surface area contributed by atoms with Crippen LogP contribution < -0.4 is 10.2 Å². The van der Waals surface area contributed by atoms with Gasteiger partial charge >= 0.3 is 5.76 Å². The summed E-state index contributed by atoms with van der Waals surface area (Å²) in [5.74, 6) is -2.41. The molecule has 1 aliphatic rings. The van der Waals surface area contributed by atoms with Crippen LogP contribution in [0.15, 0.2) is 53.6 Å². The Hall–Kier alpha value is -2.26. The summed E-state index contributed by atoms with van der Waals surface area (Å²) in [7, 11) is -4.55. The molecule has 0 radical (unpaired) electrons. The normalized spacial score (nSPS) is 16.9. The van der Waals surface area contributed by atoms with Gasteiger partial charge in [0.1, 0.15) is 5.82 Å². The highest BCUT2D eigenvalue weighted by molar-refractivity contribution is 7.91. The van der Waals surface area contributed by atoms with Crippen molar-refractivity contribution < 1.29 is 17.2 Å². The fourth-order valence-electron chi connectivity index (χ4n) is 3.26. The van der Waals surface area contributed by atoms with Crippen LogP contribution in [0.5, 0.6) is 0 Å². The molecular formula is C19H24F2N4O2S. The van der Waals surface area contributed by atoms with Crippen LogP contribution in [0.25, 0.3) is 0 Å².